The maximum atomic E-state index is 13.3. The number of aromatic nitrogens is 5. The van der Waals surface area contributed by atoms with Crippen LogP contribution >= 0.6 is 0 Å². The van der Waals surface area contributed by atoms with Crippen LogP contribution in [0.2, 0.25) is 0 Å². The van der Waals surface area contributed by atoms with Crippen molar-refractivity contribution in [3.8, 4) is 34.4 Å². The third-order valence-electron chi connectivity index (χ3n) is 7.66. The molecule has 0 aliphatic carbocycles. The number of carbonyl (C=O) groups is 2. The highest BCUT2D eigenvalue weighted by Gasteiger charge is 2.32. The molecule has 3 aliphatic heterocycles. The second kappa shape index (κ2) is 11.2. The van der Waals surface area contributed by atoms with Crippen molar-refractivity contribution >= 4 is 23.8 Å². The lowest BCUT2D eigenvalue weighted by Crippen LogP contribution is -2.28. The predicted octanol–water partition coefficient (Wildman–Crippen LogP) is 2.88. The summed E-state index contributed by atoms with van der Waals surface area (Å²) in [6.45, 7) is 2.90. The van der Waals surface area contributed by atoms with E-state index in [1.54, 1.807) is 50.3 Å². The Labute approximate surface area is 253 Å². The molecule has 1 atom stereocenters. The highest BCUT2D eigenvalue weighted by Crippen LogP contribution is 2.34. The van der Waals surface area contributed by atoms with Gasteiger partial charge in [-0.25, -0.2) is 9.48 Å². The molecule has 228 valence electrons. The topological polar surface area (TPSA) is 205 Å². The van der Waals surface area contributed by atoms with E-state index in [0.717, 1.165) is 0 Å². The van der Waals surface area contributed by atoms with Gasteiger partial charge < -0.3 is 30.4 Å². The number of allylic oxidation sites excluding steroid dienone is 2. The minimum Gasteiger partial charge on any atom is -0.494 e. The third kappa shape index (κ3) is 4.98. The highest BCUT2D eigenvalue weighted by atomic mass is 16.6. The van der Waals surface area contributed by atoms with Crippen LogP contribution in [0.5, 0.6) is 11.6 Å². The molecule has 14 heteroatoms. The van der Waals surface area contributed by atoms with E-state index in [1.165, 1.54) is 39.7 Å². The molecule has 0 saturated carbocycles. The van der Waals surface area contributed by atoms with Gasteiger partial charge in [-0.2, -0.15) is 4.68 Å². The number of rotatable bonds is 7. The van der Waals surface area contributed by atoms with Gasteiger partial charge in [0, 0.05) is 17.1 Å². The number of pyridine rings is 1. The summed E-state index contributed by atoms with van der Waals surface area (Å²) in [6.07, 6.45) is 4.62. The van der Waals surface area contributed by atoms with Crippen LogP contribution in [0.25, 0.3) is 28.8 Å². The van der Waals surface area contributed by atoms with Crippen LogP contribution in [0, 0.1) is 6.92 Å². The molecule has 0 fully saturated rings. The van der Waals surface area contributed by atoms with E-state index in [-0.39, 0.29) is 34.2 Å². The lowest BCUT2D eigenvalue weighted by molar-refractivity contribution is -0.113. The summed E-state index contributed by atoms with van der Waals surface area (Å²) in [5.41, 5.74) is 1.73. The van der Waals surface area contributed by atoms with Crippen molar-refractivity contribution in [2.24, 2.45) is 0 Å². The first kappa shape index (κ1) is 28.9. The van der Waals surface area contributed by atoms with E-state index in [4.69, 9.17) is 14.9 Å². The van der Waals surface area contributed by atoms with Crippen molar-refractivity contribution in [1.29, 1.82) is 0 Å². The number of benzene rings is 2. The molecular weight excluding hydrogens is 584 g/mol. The van der Waals surface area contributed by atoms with E-state index >= 15 is 0 Å². The largest absolute Gasteiger partial charge is 0.494 e. The number of amides is 1. The number of aromatic amines is 2. The number of anilines is 1. The van der Waals surface area contributed by atoms with Crippen LogP contribution in [0.1, 0.15) is 39.9 Å². The van der Waals surface area contributed by atoms with E-state index in [2.05, 4.69) is 20.5 Å². The average Bonchev–Trinajstić information content (AvgIpc) is 3.52. The molecule has 6 rings (SSSR count). The lowest BCUT2D eigenvalue weighted by atomic mass is 9.90. The Hall–Kier alpha value is -6.15. The number of aromatic hydroxyl groups is 1. The fourth-order valence-electron chi connectivity index (χ4n) is 5.34. The predicted molar refractivity (Wildman–Crippen MR) is 162 cm³/mol. The van der Waals surface area contributed by atoms with Crippen molar-refractivity contribution in [3.05, 3.63) is 109 Å². The molecule has 1 aromatic heterocycles. The Morgan fingerprint density at radius 1 is 1.04 bits per heavy atom. The minimum absolute atomic E-state index is 0.0697. The number of carboxylic acid groups (broad SMARTS) is 1. The van der Waals surface area contributed by atoms with Crippen molar-refractivity contribution in [3.63, 3.8) is 0 Å². The van der Waals surface area contributed by atoms with Crippen molar-refractivity contribution < 1.29 is 29.6 Å². The van der Waals surface area contributed by atoms with E-state index < -0.39 is 35.7 Å². The fraction of sp³-hybridized carbons (Fsp3) is 0.129. The van der Waals surface area contributed by atoms with Crippen LogP contribution in [0.4, 0.5) is 5.82 Å². The number of aromatic carboxylic acids is 1. The number of aliphatic hydroxyl groups is 1. The van der Waals surface area contributed by atoms with E-state index in [1.807, 2.05) is 0 Å². The number of hydrogen-bond donors (Lipinski definition) is 6. The highest BCUT2D eigenvalue weighted by molar-refractivity contribution is 6.07. The standard InChI is InChI=1S/C31H26N6O8/c1-15-21(27(39)32-25-23(15)29(41)36(34-25)18-8-6-17(7-9-18)31(43)44)4-3-5-22-16(2)24-26(33-28(22)40)35-37(30(24)42)19-10-12-20(13-11-19)45-14-38/h3-13,15,34,38H,14H2,1-2H3,(H,32,39)(H,43,44)(H2,33,35,40). The van der Waals surface area contributed by atoms with E-state index in [0.29, 0.717) is 33.8 Å². The zero-order valence-corrected chi connectivity index (χ0v) is 23.9. The summed E-state index contributed by atoms with van der Waals surface area (Å²) in [5.74, 6) is -1.54. The molecule has 4 heterocycles. The van der Waals surface area contributed by atoms with Crippen molar-refractivity contribution in [1.82, 2.24) is 24.5 Å². The van der Waals surface area contributed by atoms with Gasteiger partial charge in [-0.15, -0.1) is 5.10 Å². The van der Waals surface area contributed by atoms with Crippen LogP contribution < -0.4 is 21.2 Å². The zero-order valence-electron chi connectivity index (χ0n) is 23.9. The normalized spacial score (nSPS) is 15.5. The maximum Gasteiger partial charge on any atom is 0.335 e. The number of hydrogen-bond acceptors (Lipinski definition) is 8. The summed E-state index contributed by atoms with van der Waals surface area (Å²) in [6, 6.07) is 12.1. The van der Waals surface area contributed by atoms with Gasteiger partial charge >= 0.3 is 5.97 Å². The summed E-state index contributed by atoms with van der Waals surface area (Å²) in [5, 5.41) is 38.7. The Morgan fingerprint density at radius 3 is 2.40 bits per heavy atom. The monoisotopic (exact) mass is 610 g/mol. The second-order valence-electron chi connectivity index (χ2n) is 10.3. The van der Waals surface area contributed by atoms with E-state index in [9.17, 15) is 24.3 Å². The van der Waals surface area contributed by atoms with Crippen LogP contribution in [-0.2, 0) is 4.79 Å². The number of carboxylic acids is 1. The second-order valence-corrected chi connectivity index (χ2v) is 10.3. The molecule has 1 amide bonds. The summed E-state index contributed by atoms with van der Waals surface area (Å²) in [7, 11) is 0. The van der Waals surface area contributed by atoms with Crippen molar-refractivity contribution in [2.45, 2.75) is 19.8 Å². The molecule has 0 radical (unpaired) electrons. The molecule has 14 nitrogen and oxygen atoms in total. The molecule has 3 aliphatic rings. The Bertz CT molecular complexity index is 2110. The molecule has 0 saturated heterocycles. The van der Waals surface area contributed by atoms with Gasteiger partial charge in [0.15, 0.2) is 18.5 Å². The number of fused-ring (bicyclic) bond motifs is 2. The quantitative estimate of drug-likeness (QED) is 0.118. The molecule has 3 aromatic rings. The first-order chi connectivity index (χ1) is 21.6. The Kier molecular flexibility index (Phi) is 7.18. The van der Waals surface area contributed by atoms with Crippen LogP contribution in [0.3, 0.4) is 0 Å². The summed E-state index contributed by atoms with van der Waals surface area (Å²) in [4.78, 5) is 53.6. The first-order valence-corrected chi connectivity index (χ1v) is 13.7. The molecule has 6 N–H and O–H groups in total. The molecule has 0 spiro atoms. The van der Waals surface area contributed by atoms with Crippen molar-refractivity contribution in [2.75, 3.05) is 12.1 Å². The SMILES string of the molecule is Cc1c(C=CC=C2C(=O)Nc3[nH]n(-c4ccc(C(=O)O)cc4)c(=O)c3C2C)c(O)[nH]c2nn(-c3ccc(OCO)cc3)c(=O)c1-2. The van der Waals surface area contributed by atoms with Gasteiger partial charge in [0.1, 0.15) is 11.6 Å². The van der Waals surface area contributed by atoms with Gasteiger partial charge in [0.25, 0.3) is 17.0 Å². The average molecular weight is 611 g/mol. The number of aliphatic hydroxyl groups excluding tert-OH is 1. The number of nitrogens with one attached hydrogen (secondary N) is 3. The summed E-state index contributed by atoms with van der Waals surface area (Å²) < 4.78 is 7.44. The first-order valence-electron chi connectivity index (χ1n) is 13.7. The molecule has 1 unspecified atom stereocenters. The fourth-order valence-corrected chi connectivity index (χ4v) is 5.34. The van der Waals surface area contributed by atoms with Gasteiger partial charge in [-0.05, 0) is 67.1 Å². The summed E-state index contributed by atoms with van der Waals surface area (Å²) >= 11 is 0. The minimum atomic E-state index is -1.09. The molecule has 2 aromatic carbocycles. The zero-order chi connectivity index (χ0) is 32.0. The number of ether oxygens (including phenoxy) is 1. The smallest absolute Gasteiger partial charge is 0.335 e. The molecular formula is C31H26N6O8. The maximum absolute atomic E-state index is 13.3. The van der Waals surface area contributed by atoms with Gasteiger partial charge in [0.05, 0.1) is 28.1 Å². The molecule has 0 bridgehead atoms. The lowest BCUT2D eigenvalue weighted by Gasteiger charge is -2.20. The number of carbonyl (C=O) groups excluding carboxylic acids is 1. The van der Waals surface area contributed by atoms with Gasteiger partial charge in [-0.1, -0.05) is 19.1 Å². The number of nitrogens with zero attached hydrogens (tertiary/aromatic N) is 3. The Morgan fingerprint density at radius 2 is 1.73 bits per heavy atom. The third-order valence-corrected chi connectivity index (χ3v) is 7.66. The Balaban J connectivity index is 1.31. The number of H-pyrrole nitrogens is 2. The van der Waals surface area contributed by atoms with Crippen LogP contribution in [-0.4, -0.2) is 58.5 Å². The van der Waals surface area contributed by atoms with Gasteiger partial charge in [-0.3, -0.25) is 19.5 Å². The van der Waals surface area contributed by atoms with Crippen LogP contribution in [0.15, 0.2) is 75.8 Å². The van der Waals surface area contributed by atoms with Gasteiger partial charge in [0.2, 0.25) is 0 Å². The molecule has 45 heavy (non-hydrogen) atoms.